The number of ether oxygens (including phenoxy) is 1. The zero-order valence-corrected chi connectivity index (χ0v) is 13.7. The van der Waals surface area contributed by atoms with E-state index in [0.29, 0.717) is 11.2 Å². The molecule has 0 saturated heterocycles. The van der Waals surface area contributed by atoms with Gasteiger partial charge in [-0.2, -0.15) is 8.78 Å². The number of amides is 2. The van der Waals surface area contributed by atoms with Gasteiger partial charge in [0.15, 0.2) is 0 Å². The van der Waals surface area contributed by atoms with E-state index in [4.69, 9.17) is 5.73 Å². The third-order valence-corrected chi connectivity index (χ3v) is 3.82. The van der Waals surface area contributed by atoms with Crippen molar-refractivity contribution in [1.82, 2.24) is 4.57 Å². The lowest BCUT2D eigenvalue weighted by Crippen LogP contribution is -2.40. The molecule has 0 saturated carbocycles. The Morgan fingerprint density at radius 2 is 1.63 bits per heavy atom. The molecule has 3 aromatic rings. The standard InChI is InChI=1S/C18H13F2N3O4/c19-18(20,17(22)26)27-13-8-4-7-12-14(13)11(15(24)16(21)25)9-23(12)10-5-2-1-3-6-10/h1-9H,(H2,21,25)(H2,22,26). The highest BCUT2D eigenvalue weighted by Crippen LogP contribution is 2.35. The van der Waals surface area contributed by atoms with Crippen LogP contribution in [0.5, 0.6) is 5.75 Å². The van der Waals surface area contributed by atoms with E-state index < -0.39 is 29.5 Å². The SMILES string of the molecule is NC(=O)C(=O)c1cn(-c2ccccc2)c2cccc(OC(F)(F)C(N)=O)c12. The number of carbonyl (C=O) groups is 3. The summed E-state index contributed by atoms with van der Waals surface area (Å²) >= 11 is 0. The van der Waals surface area contributed by atoms with Gasteiger partial charge in [-0.3, -0.25) is 14.4 Å². The van der Waals surface area contributed by atoms with Crippen LogP contribution in [-0.2, 0) is 9.59 Å². The van der Waals surface area contributed by atoms with E-state index in [1.54, 1.807) is 30.3 Å². The summed E-state index contributed by atoms with van der Waals surface area (Å²) < 4.78 is 33.4. The van der Waals surface area contributed by atoms with Crippen LogP contribution in [0.2, 0.25) is 0 Å². The fourth-order valence-electron chi connectivity index (χ4n) is 2.63. The van der Waals surface area contributed by atoms with E-state index in [2.05, 4.69) is 10.5 Å². The molecule has 0 radical (unpaired) electrons. The first-order valence-corrected chi connectivity index (χ1v) is 7.62. The van der Waals surface area contributed by atoms with Crippen LogP contribution in [0.25, 0.3) is 16.6 Å². The molecule has 9 heteroatoms. The van der Waals surface area contributed by atoms with Gasteiger partial charge >= 0.3 is 12.0 Å². The Bertz CT molecular complexity index is 1060. The fourth-order valence-corrected chi connectivity index (χ4v) is 2.63. The molecule has 4 N–H and O–H groups in total. The van der Waals surface area contributed by atoms with Gasteiger partial charge in [-0.25, -0.2) is 0 Å². The van der Waals surface area contributed by atoms with Gasteiger partial charge in [0.1, 0.15) is 5.75 Å². The van der Waals surface area contributed by atoms with Gasteiger partial charge in [-0.05, 0) is 24.3 Å². The average Bonchev–Trinajstić information content (AvgIpc) is 3.02. The van der Waals surface area contributed by atoms with Crippen LogP contribution in [-0.4, -0.2) is 28.3 Å². The molecule has 0 aliphatic rings. The smallest absolute Gasteiger partial charge is 0.425 e. The van der Waals surface area contributed by atoms with Crippen LogP contribution in [0.15, 0.2) is 54.7 Å². The molecule has 0 aliphatic heterocycles. The van der Waals surface area contributed by atoms with Crippen LogP contribution < -0.4 is 16.2 Å². The molecule has 0 unspecified atom stereocenters. The third-order valence-electron chi connectivity index (χ3n) is 3.82. The molecule has 1 aromatic heterocycles. The van der Waals surface area contributed by atoms with Crippen LogP contribution >= 0.6 is 0 Å². The van der Waals surface area contributed by atoms with Gasteiger partial charge in [0.2, 0.25) is 0 Å². The molecule has 0 aliphatic carbocycles. The number of halogens is 2. The maximum Gasteiger partial charge on any atom is 0.482 e. The summed E-state index contributed by atoms with van der Waals surface area (Å²) in [6.45, 7) is 0. The number of carbonyl (C=O) groups excluding carboxylic acids is 3. The molecule has 1 heterocycles. The highest BCUT2D eigenvalue weighted by Gasteiger charge is 2.41. The number of Topliss-reactive ketones (excluding diaryl/α,β-unsaturated/α-hetero) is 1. The zero-order chi connectivity index (χ0) is 19.8. The lowest BCUT2D eigenvalue weighted by molar-refractivity contribution is -0.188. The van der Waals surface area contributed by atoms with E-state index in [9.17, 15) is 23.2 Å². The Labute approximate surface area is 151 Å². The van der Waals surface area contributed by atoms with Gasteiger partial charge < -0.3 is 20.8 Å². The van der Waals surface area contributed by atoms with Crippen molar-refractivity contribution in [3.05, 3.63) is 60.3 Å². The summed E-state index contributed by atoms with van der Waals surface area (Å²) in [5.74, 6) is -4.84. The first kappa shape index (κ1) is 18.1. The summed E-state index contributed by atoms with van der Waals surface area (Å²) in [6.07, 6.45) is -3.02. The van der Waals surface area contributed by atoms with E-state index in [0.717, 1.165) is 6.07 Å². The van der Waals surface area contributed by atoms with Gasteiger partial charge in [-0.1, -0.05) is 24.3 Å². The van der Waals surface area contributed by atoms with Gasteiger partial charge in [0, 0.05) is 11.9 Å². The monoisotopic (exact) mass is 373 g/mol. The molecule has 2 amide bonds. The molecule has 2 aromatic carbocycles. The van der Waals surface area contributed by atoms with Crippen LogP contribution in [0.1, 0.15) is 10.4 Å². The van der Waals surface area contributed by atoms with E-state index in [-0.39, 0.29) is 10.9 Å². The van der Waals surface area contributed by atoms with Crippen molar-refractivity contribution in [2.75, 3.05) is 0 Å². The number of aromatic nitrogens is 1. The summed E-state index contributed by atoms with van der Waals surface area (Å²) in [5.41, 5.74) is 10.4. The van der Waals surface area contributed by atoms with Crippen molar-refractivity contribution in [3.63, 3.8) is 0 Å². The number of hydrogen-bond acceptors (Lipinski definition) is 4. The predicted molar refractivity (Wildman–Crippen MR) is 91.6 cm³/mol. The first-order chi connectivity index (χ1) is 12.7. The van der Waals surface area contributed by atoms with Crippen molar-refractivity contribution in [2.24, 2.45) is 11.5 Å². The Morgan fingerprint density at radius 3 is 2.22 bits per heavy atom. The molecular weight excluding hydrogens is 360 g/mol. The Kier molecular flexibility index (Phi) is 4.36. The number of nitrogens with two attached hydrogens (primary N) is 2. The Morgan fingerprint density at radius 1 is 0.963 bits per heavy atom. The summed E-state index contributed by atoms with van der Waals surface area (Å²) in [4.78, 5) is 34.5. The molecule has 0 fully saturated rings. The quantitative estimate of drug-likeness (QED) is 0.506. The minimum atomic E-state index is -4.31. The normalized spacial score (nSPS) is 11.3. The maximum absolute atomic E-state index is 13.7. The largest absolute Gasteiger partial charge is 0.482 e. The van der Waals surface area contributed by atoms with Crippen molar-refractivity contribution in [1.29, 1.82) is 0 Å². The lowest BCUT2D eigenvalue weighted by Gasteiger charge is -2.15. The molecular formula is C18H13F2N3O4. The molecule has 138 valence electrons. The van der Waals surface area contributed by atoms with E-state index in [1.165, 1.54) is 22.9 Å². The maximum atomic E-state index is 13.7. The molecule has 0 spiro atoms. The van der Waals surface area contributed by atoms with E-state index >= 15 is 0 Å². The van der Waals surface area contributed by atoms with Crippen molar-refractivity contribution < 1.29 is 27.9 Å². The number of ketones is 1. The summed E-state index contributed by atoms with van der Waals surface area (Å²) in [7, 11) is 0. The number of rotatable bonds is 6. The molecule has 3 rings (SSSR count). The van der Waals surface area contributed by atoms with Gasteiger partial charge in [-0.15, -0.1) is 0 Å². The second-order valence-corrected chi connectivity index (χ2v) is 5.58. The lowest BCUT2D eigenvalue weighted by atomic mass is 10.1. The average molecular weight is 373 g/mol. The number of benzene rings is 2. The first-order valence-electron chi connectivity index (χ1n) is 7.62. The van der Waals surface area contributed by atoms with Gasteiger partial charge in [0.25, 0.3) is 11.7 Å². The fraction of sp³-hybridized carbons (Fsp3) is 0.0556. The van der Waals surface area contributed by atoms with Crippen LogP contribution in [0.3, 0.4) is 0 Å². The molecule has 7 nitrogen and oxygen atoms in total. The Hall–Kier alpha value is -3.75. The number of primary amides is 2. The molecule has 0 atom stereocenters. The number of hydrogen-bond donors (Lipinski definition) is 2. The summed E-state index contributed by atoms with van der Waals surface area (Å²) in [6, 6.07) is 12.7. The number of nitrogens with zero attached hydrogens (tertiary/aromatic N) is 1. The highest BCUT2D eigenvalue weighted by atomic mass is 19.3. The summed E-state index contributed by atoms with van der Waals surface area (Å²) in [5, 5.41) is -0.0916. The third kappa shape index (κ3) is 3.22. The van der Waals surface area contributed by atoms with Crippen molar-refractivity contribution in [3.8, 4) is 11.4 Å². The second kappa shape index (κ2) is 6.52. The minimum absolute atomic E-state index is 0.0916. The second-order valence-electron chi connectivity index (χ2n) is 5.58. The van der Waals surface area contributed by atoms with E-state index in [1.807, 2.05) is 0 Å². The Balaban J connectivity index is 2.30. The van der Waals surface area contributed by atoms with Crippen LogP contribution in [0, 0.1) is 0 Å². The predicted octanol–water partition coefficient (Wildman–Crippen LogP) is 1.76. The number of alkyl halides is 2. The van der Waals surface area contributed by atoms with Crippen molar-refractivity contribution in [2.45, 2.75) is 6.11 Å². The number of fused-ring (bicyclic) bond motifs is 1. The zero-order valence-electron chi connectivity index (χ0n) is 13.7. The highest BCUT2D eigenvalue weighted by molar-refractivity contribution is 6.44. The molecule has 27 heavy (non-hydrogen) atoms. The van der Waals surface area contributed by atoms with Gasteiger partial charge in [0.05, 0.1) is 16.5 Å². The topological polar surface area (TPSA) is 117 Å². The number of para-hydroxylation sites is 1. The minimum Gasteiger partial charge on any atom is -0.425 e. The van der Waals surface area contributed by atoms with Crippen LogP contribution in [0.4, 0.5) is 8.78 Å². The van der Waals surface area contributed by atoms with Crippen molar-refractivity contribution >= 4 is 28.5 Å². The molecule has 0 bridgehead atoms.